The molecule has 1 heterocycles. The van der Waals surface area contributed by atoms with E-state index >= 15 is 0 Å². The third-order valence-electron chi connectivity index (χ3n) is 4.88. The molecule has 0 saturated heterocycles. The minimum absolute atomic E-state index is 0.114. The number of aliphatic hydroxyl groups excluding tert-OH is 1. The number of hydrogen-bond donors (Lipinski definition) is 1. The maximum absolute atomic E-state index is 10.6. The van der Waals surface area contributed by atoms with Crippen LogP contribution in [0.25, 0.3) is 0 Å². The fourth-order valence-corrected chi connectivity index (χ4v) is 3.29. The van der Waals surface area contributed by atoms with Gasteiger partial charge in [0.15, 0.2) is 0 Å². The molecule has 1 saturated carbocycles. The molecule has 1 aromatic heterocycles. The van der Waals surface area contributed by atoms with E-state index in [4.69, 9.17) is 4.74 Å². The Morgan fingerprint density at radius 1 is 1.30 bits per heavy atom. The zero-order valence-electron chi connectivity index (χ0n) is 14.0. The predicted octanol–water partition coefficient (Wildman–Crippen LogP) is 2.13. The zero-order chi connectivity index (χ0) is 16.4. The second kappa shape index (κ2) is 6.72. The molecule has 0 bridgehead atoms. The highest BCUT2D eigenvalue weighted by molar-refractivity contribution is 5.22. The molecule has 1 aromatic carbocycles. The molecule has 0 radical (unpaired) electrons. The molecular weight excluding hydrogens is 290 g/mol. The van der Waals surface area contributed by atoms with E-state index in [2.05, 4.69) is 24.0 Å². The van der Waals surface area contributed by atoms with Gasteiger partial charge in [-0.2, -0.15) is 5.10 Å². The van der Waals surface area contributed by atoms with Crippen LogP contribution in [0.15, 0.2) is 36.5 Å². The number of ether oxygens (including phenoxy) is 1. The van der Waals surface area contributed by atoms with Gasteiger partial charge < -0.3 is 9.84 Å². The topological polar surface area (TPSA) is 50.5 Å². The van der Waals surface area contributed by atoms with E-state index in [0.29, 0.717) is 0 Å². The van der Waals surface area contributed by atoms with E-state index in [1.54, 1.807) is 0 Å². The summed E-state index contributed by atoms with van der Waals surface area (Å²) < 4.78 is 7.84. The van der Waals surface area contributed by atoms with E-state index in [1.807, 2.05) is 48.3 Å². The standard InChI is InChI=1S/C18H25N3O2/c1-13-14(11-19-21(13)3)12-20(2)16-9-10-17(18(16)22)23-15-7-5-4-6-8-15/h4-8,11,16-18,22H,9-10,12H2,1-3H3/t16-,17+,18+/m1/s1. The summed E-state index contributed by atoms with van der Waals surface area (Å²) >= 11 is 0. The van der Waals surface area contributed by atoms with Crippen LogP contribution < -0.4 is 4.74 Å². The molecule has 0 amide bonds. The van der Waals surface area contributed by atoms with Gasteiger partial charge in [0.25, 0.3) is 0 Å². The number of benzene rings is 1. The molecule has 5 nitrogen and oxygen atoms in total. The molecule has 23 heavy (non-hydrogen) atoms. The second-order valence-corrected chi connectivity index (χ2v) is 6.40. The molecule has 3 atom stereocenters. The summed E-state index contributed by atoms with van der Waals surface area (Å²) in [5, 5.41) is 14.9. The summed E-state index contributed by atoms with van der Waals surface area (Å²) in [6.07, 6.45) is 3.11. The Labute approximate surface area is 137 Å². The van der Waals surface area contributed by atoms with Crippen LogP contribution in [0.5, 0.6) is 5.75 Å². The number of nitrogens with zero attached hydrogens (tertiary/aromatic N) is 3. The van der Waals surface area contributed by atoms with Crippen LogP contribution in [-0.2, 0) is 13.6 Å². The summed E-state index contributed by atoms with van der Waals surface area (Å²) in [5.74, 6) is 0.822. The van der Waals surface area contributed by atoms with E-state index in [-0.39, 0.29) is 12.1 Å². The highest BCUT2D eigenvalue weighted by Crippen LogP contribution is 2.29. The molecule has 1 aliphatic rings. The van der Waals surface area contributed by atoms with Crippen LogP contribution in [0.4, 0.5) is 0 Å². The smallest absolute Gasteiger partial charge is 0.126 e. The highest BCUT2D eigenvalue weighted by atomic mass is 16.5. The van der Waals surface area contributed by atoms with Crippen LogP contribution in [0.1, 0.15) is 24.1 Å². The van der Waals surface area contributed by atoms with Crippen LogP contribution in [-0.4, -0.2) is 45.1 Å². The molecule has 1 N–H and O–H groups in total. The third kappa shape index (κ3) is 3.41. The largest absolute Gasteiger partial charge is 0.488 e. The van der Waals surface area contributed by atoms with Crippen molar-refractivity contribution in [3.8, 4) is 5.75 Å². The number of aryl methyl sites for hydroxylation is 1. The Morgan fingerprint density at radius 3 is 2.70 bits per heavy atom. The van der Waals surface area contributed by atoms with E-state index in [9.17, 15) is 5.11 Å². The fourth-order valence-electron chi connectivity index (χ4n) is 3.29. The SMILES string of the molecule is Cc1c(CN(C)[C@@H]2CC[C@H](Oc3ccccc3)[C@H]2O)cnn1C. The Hall–Kier alpha value is -1.85. The molecule has 124 valence electrons. The van der Waals surface area contributed by atoms with E-state index in [1.165, 1.54) is 11.3 Å². The third-order valence-corrected chi connectivity index (χ3v) is 4.88. The Balaban J connectivity index is 1.62. The van der Waals surface area contributed by atoms with Crippen molar-refractivity contribution in [1.82, 2.24) is 14.7 Å². The maximum atomic E-state index is 10.6. The predicted molar refractivity (Wildman–Crippen MR) is 89.3 cm³/mol. The molecular formula is C18H25N3O2. The summed E-state index contributed by atoms with van der Waals surface area (Å²) in [6, 6.07) is 9.84. The van der Waals surface area contributed by atoms with Crippen LogP contribution in [0.3, 0.4) is 0 Å². The van der Waals surface area contributed by atoms with Crippen molar-refractivity contribution in [1.29, 1.82) is 0 Å². The van der Waals surface area contributed by atoms with Crippen molar-refractivity contribution < 1.29 is 9.84 Å². The quantitative estimate of drug-likeness (QED) is 0.918. The lowest BCUT2D eigenvalue weighted by atomic mass is 10.1. The summed E-state index contributed by atoms with van der Waals surface area (Å²) in [7, 11) is 4.01. The number of rotatable bonds is 5. The lowest BCUT2D eigenvalue weighted by Crippen LogP contribution is -2.42. The average Bonchev–Trinajstić information content (AvgIpc) is 3.06. The Bertz CT molecular complexity index is 641. The molecule has 0 unspecified atom stereocenters. The normalized spacial score (nSPS) is 24.3. The lowest BCUT2D eigenvalue weighted by molar-refractivity contribution is 0.0152. The summed E-state index contributed by atoms with van der Waals surface area (Å²) in [4.78, 5) is 2.21. The number of aliphatic hydroxyl groups is 1. The Morgan fingerprint density at radius 2 is 2.04 bits per heavy atom. The molecule has 5 heteroatoms. The molecule has 0 aliphatic heterocycles. The fraction of sp³-hybridized carbons (Fsp3) is 0.500. The van der Waals surface area contributed by atoms with Crippen LogP contribution in [0.2, 0.25) is 0 Å². The highest BCUT2D eigenvalue weighted by Gasteiger charge is 2.38. The average molecular weight is 315 g/mol. The number of aromatic nitrogens is 2. The van der Waals surface area contributed by atoms with Gasteiger partial charge in [0, 0.05) is 30.9 Å². The lowest BCUT2D eigenvalue weighted by Gasteiger charge is -2.28. The van der Waals surface area contributed by atoms with Gasteiger partial charge in [-0.1, -0.05) is 18.2 Å². The summed E-state index contributed by atoms with van der Waals surface area (Å²) in [5.41, 5.74) is 2.37. The van der Waals surface area contributed by atoms with Gasteiger partial charge in [-0.05, 0) is 38.9 Å². The second-order valence-electron chi connectivity index (χ2n) is 6.40. The first-order chi connectivity index (χ1) is 11.1. The van der Waals surface area contributed by atoms with Crippen LogP contribution in [0, 0.1) is 6.92 Å². The monoisotopic (exact) mass is 315 g/mol. The zero-order valence-corrected chi connectivity index (χ0v) is 14.0. The van der Waals surface area contributed by atoms with Crippen molar-refractivity contribution >= 4 is 0 Å². The van der Waals surface area contributed by atoms with Crippen molar-refractivity contribution in [3.05, 3.63) is 47.8 Å². The first kappa shape index (κ1) is 16.0. The van der Waals surface area contributed by atoms with E-state index < -0.39 is 6.10 Å². The maximum Gasteiger partial charge on any atom is 0.126 e. The van der Waals surface area contributed by atoms with E-state index in [0.717, 1.165) is 25.1 Å². The van der Waals surface area contributed by atoms with Crippen molar-refractivity contribution in [2.24, 2.45) is 7.05 Å². The number of para-hydroxylation sites is 1. The minimum atomic E-state index is -0.475. The molecule has 1 aliphatic carbocycles. The molecule has 0 spiro atoms. The number of likely N-dealkylation sites (N-methyl/N-ethyl adjacent to an activating group) is 1. The molecule has 1 fully saturated rings. The van der Waals surface area contributed by atoms with Crippen molar-refractivity contribution in [2.45, 2.75) is 44.6 Å². The first-order valence-electron chi connectivity index (χ1n) is 8.13. The minimum Gasteiger partial charge on any atom is -0.488 e. The van der Waals surface area contributed by atoms with Crippen molar-refractivity contribution in [3.63, 3.8) is 0 Å². The molecule has 3 rings (SSSR count). The van der Waals surface area contributed by atoms with Gasteiger partial charge in [-0.25, -0.2) is 0 Å². The Kier molecular flexibility index (Phi) is 4.68. The molecule has 2 aromatic rings. The van der Waals surface area contributed by atoms with Gasteiger partial charge >= 0.3 is 0 Å². The van der Waals surface area contributed by atoms with Gasteiger partial charge in [0.1, 0.15) is 18.0 Å². The van der Waals surface area contributed by atoms with Gasteiger partial charge in [-0.15, -0.1) is 0 Å². The van der Waals surface area contributed by atoms with Gasteiger partial charge in [-0.3, -0.25) is 9.58 Å². The summed E-state index contributed by atoms with van der Waals surface area (Å²) in [6.45, 7) is 2.86. The van der Waals surface area contributed by atoms with Gasteiger partial charge in [0.05, 0.1) is 6.20 Å². The van der Waals surface area contributed by atoms with Crippen molar-refractivity contribution in [2.75, 3.05) is 7.05 Å². The van der Waals surface area contributed by atoms with Crippen LogP contribution >= 0.6 is 0 Å². The van der Waals surface area contributed by atoms with Gasteiger partial charge in [0.2, 0.25) is 0 Å². The first-order valence-corrected chi connectivity index (χ1v) is 8.13. The number of hydrogen-bond acceptors (Lipinski definition) is 4.